The molecule has 0 radical (unpaired) electrons. The van der Waals surface area contributed by atoms with Gasteiger partial charge in [-0.25, -0.2) is 4.68 Å². The molecule has 1 N–H and O–H groups in total. The zero-order chi connectivity index (χ0) is 24.6. The molecule has 1 atom stereocenters. The Morgan fingerprint density at radius 1 is 1.17 bits per heavy atom. The Kier molecular flexibility index (Phi) is 7.85. The number of hydrogen-bond donors (Lipinski definition) is 1. The third-order valence-electron chi connectivity index (χ3n) is 5.55. The molecule has 0 unspecified atom stereocenters. The van der Waals surface area contributed by atoms with E-state index in [0.29, 0.717) is 24.1 Å². The predicted molar refractivity (Wildman–Crippen MR) is 131 cm³/mol. The van der Waals surface area contributed by atoms with Crippen LogP contribution in [0.3, 0.4) is 0 Å². The first-order valence-corrected chi connectivity index (χ1v) is 10.8. The van der Waals surface area contributed by atoms with Gasteiger partial charge in [-0.15, -0.1) is 18.3 Å². The maximum absolute atomic E-state index is 12.5. The first-order valence-electron chi connectivity index (χ1n) is 10.5. The fraction of sp³-hybridized carbons (Fsp3) is 0.364. The lowest BCUT2D eigenvalue weighted by Crippen LogP contribution is -2.44. The number of alkyl halides is 3. The van der Waals surface area contributed by atoms with Crippen molar-refractivity contribution in [2.24, 2.45) is 0 Å². The van der Waals surface area contributed by atoms with Crippen LogP contribution in [-0.4, -0.2) is 45.3 Å². The fourth-order valence-corrected chi connectivity index (χ4v) is 4.02. The Balaban J connectivity index is 0.00000342. The third-order valence-corrected chi connectivity index (χ3v) is 5.77. The smallest absolute Gasteiger partial charge is 0.406 e. The lowest BCUT2D eigenvalue weighted by molar-refractivity contribution is -0.274. The molecule has 3 heterocycles. The van der Waals surface area contributed by atoms with Gasteiger partial charge in [-0.1, -0.05) is 16.8 Å². The predicted octanol–water partition coefficient (Wildman–Crippen LogP) is 4.26. The Morgan fingerprint density at radius 3 is 2.60 bits per heavy atom. The number of anilines is 2. The van der Waals surface area contributed by atoms with E-state index in [1.165, 1.54) is 10.7 Å². The summed E-state index contributed by atoms with van der Waals surface area (Å²) in [7, 11) is 1.87. The molecule has 1 aliphatic heterocycles. The number of rotatable bonds is 6. The van der Waals surface area contributed by atoms with Gasteiger partial charge in [0.15, 0.2) is 0 Å². The van der Waals surface area contributed by atoms with Gasteiger partial charge in [-0.2, -0.15) is 13.5 Å². The van der Waals surface area contributed by atoms with Crippen molar-refractivity contribution in [3.63, 3.8) is 0 Å². The highest BCUT2D eigenvalue weighted by Crippen LogP contribution is 2.34. The fourth-order valence-electron chi connectivity index (χ4n) is 3.77. The van der Waals surface area contributed by atoms with E-state index in [1.807, 2.05) is 31.9 Å². The Bertz CT molecular complexity index is 1240. The van der Waals surface area contributed by atoms with E-state index in [0.717, 1.165) is 28.8 Å². The summed E-state index contributed by atoms with van der Waals surface area (Å²) < 4.78 is 43.0. The number of nitrogens with zero attached hydrogens (tertiary/aromatic N) is 5. The summed E-state index contributed by atoms with van der Waals surface area (Å²) >= 11 is 5.93. The van der Waals surface area contributed by atoms with Crippen molar-refractivity contribution in [3.8, 4) is 5.75 Å². The minimum absolute atomic E-state index is 0. The largest absolute Gasteiger partial charge is 0.573 e. The van der Waals surface area contributed by atoms with Gasteiger partial charge in [-0.3, -0.25) is 9.78 Å². The number of ether oxygens (including phenoxy) is 1. The van der Waals surface area contributed by atoms with Crippen molar-refractivity contribution in [1.29, 1.82) is 0 Å². The second-order valence-corrected chi connectivity index (χ2v) is 8.56. The average molecular weight is 529 g/mol. The van der Waals surface area contributed by atoms with Crippen molar-refractivity contribution in [2.75, 3.05) is 17.3 Å². The van der Waals surface area contributed by atoms with Crippen LogP contribution in [0.4, 0.5) is 24.5 Å². The molecule has 4 rings (SSSR count). The molecule has 0 fully saturated rings. The summed E-state index contributed by atoms with van der Waals surface area (Å²) in [6, 6.07) is 5.58. The average Bonchev–Trinajstić information content (AvgIpc) is 3.17. The normalized spacial score (nSPS) is 15.3. The number of likely N-dealkylation sites (N-methyl/N-ethyl adjacent to an activating group) is 1. The number of fused-ring (bicyclic) bond motifs is 1. The van der Waals surface area contributed by atoms with Crippen LogP contribution in [0.25, 0.3) is 0 Å². The lowest BCUT2D eigenvalue weighted by atomic mass is 10.1. The summed E-state index contributed by atoms with van der Waals surface area (Å²) in [5, 5.41) is 11.2. The number of nitrogens with one attached hydrogen (secondary N) is 1. The highest BCUT2D eigenvalue weighted by Gasteiger charge is 2.31. The first-order chi connectivity index (χ1) is 16.0. The quantitative estimate of drug-likeness (QED) is 0.515. The van der Waals surface area contributed by atoms with Gasteiger partial charge in [0.05, 0.1) is 29.3 Å². The topological polar surface area (TPSA) is 85.2 Å². The van der Waals surface area contributed by atoms with Gasteiger partial charge in [0.2, 0.25) is 5.91 Å². The number of aryl methyl sites for hydroxylation is 3. The second kappa shape index (κ2) is 10.3. The van der Waals surface area contributed by atoms with Gasteiger partial charge >= 0.3 is 6.36 Å². The van der Waals surface area contributed by atoms with Crippen molar-refractivity contribution < 1.29 is 22.7 Å². The van der Waals surface area contributed by atoms with E-state index in [-0.39, 0.29) is 42.8 Å². The number of carbonyl (C=O) groups excluding carboxylic acids is 1. The number of carbonyl (C=O) groups is 1. The molecule has 13 heteroatoms. The van der Waals surface area contributed by atoms with Crippen LogP contribution in [0.15, 0.2) is 30.5 Å². The minimum Gasteiger partial charge on any atom is -0.406 e. The number of benzene rings is 1. The van der Waals surface area contributed by atoms with Gasteiger partial charge in [0.25, 0.3) is 0 Å². The lowest BCUT2D eigenvalue weighted by Gasteiger charge is -2.34. The zero-order valence-corrected chi connectivity index (χ0v) is 20.9. The second-order valence-electron chi connectivity index (χ2n) is 8.12. The highest BCUT2D eigenvalue weighted by atomic mass is 35.5. The van der Waals surface area contributed by atoms with Crippen molar-refractivity contribution in [1.82, 2.24) is 20.0 Å². The number of halogens is 4. The number of aromatic nitrogens is 4. The molecule has 35 heavy (non-hydrogen) atoms. The number of pyridine rings is 1. The van der Waals surface area contributed by atoms with Gasteiger partial charge in [0.1, 0.15) is 11.8 Å². The number of hydrogen-bond acceptors (Lipinski definition) is 6. The van der Waals surface area contributed by atoms with Crippen LogP contribution < -0.4 is 15.0 Å². The third kappa shape index (κ3) is 6.37. The molecule has 0 spiro atoms. The number of amides is 1. The molecular formula is C22H24ClF3N6O2S. The molecule has 1 aliphatic rings. The van der Waals surface area contributed by atoms with Gasteiger partial charge in [-0.05, 0) is 56.5 Å². The van der Waals surface area contributed by atoms with E-state index in [4.69, 9.17) is 11.6 Å². The highest BCUT2D eigenvalue weighted by molar-refractivity contribution is 7.59. The van der Waals surface area contributed by atoms with E-state index in [2.05, 4.69) is 25.3 Å². The summed E-state index contributed by atoms with van der Waals surface area (Å²) in [4.78, 5) is 18.6. The molecule has 1 aromatic carbocycles. The SMILES string of the molecule is Cc1nc(CCc2cn(Cc3cc(Cl)cc(OC(F)(F)F)c3)nn2)cc2c1NC(=O)[C@H](C)N2C.S. The van der Waals surface area contributed by atoms with Crippen molar-refractivity contribution >= 4 is 42.4 Å². The molecule has 3 aromatic rings. The van der Waals surface area contributed by atoms with Crippen LogP contribution >= 0.6 is 25.1 Å². The van der Waals surface area contributed by atoms with Gasteiger partial charge in [0, 0.05) is 24.0 Å². The Labute approximate surface area is 211 Å². The molecular weight excluding hydrogens is 505 g/mol. The molecule has 188 valence electrons. The summed E-state index contributed by atoms with van der Waals surface area (Å²) in [5.41, 5.74) is 4.42. The van der Waals surface area contributed by atoms with Crippen LogP contribution in [0.1, 0.15) is 29.6 Å². The van der Waals surface area contributed by atoms with Crippen LogP contribution in [0.2, 0.25) is 5.02 Å². The molecule has 8 nitrogen and oxygen atoms in total. The first kappa shape index (κ1) is 26.6. The van der Waals surface area contributed by atoms with Crippen LogP contribution in [0, 0.1) is 6.92 Å². The maximum atomic E-state index is 12.5. The van der Waals surface area contributed by atoms with Crippen molar-refractivity contribution in [2.45, 2.75) is 45.6 Å². The minimum atomic E-state index is -4.80. The Hall–Kier alpha value is -2.99. The summed E-state index contributed by atoms with van der Waals surface area (Å²) in [6.07, 6.45) is -1.91. The zero-order valence-electron chi connectivity index (χ0n) is 19.1. The van der Waals surface area contributed by atoms with E-state index < -0.39 is 6.36 Å². The molecule has 0 saturated heterocycles. The molecule has 0 aliphatic carbocycles. The molecule has 2 aromatic heterocycles. The van der Waals surface area contributed by atoms with Gasteiger partial charge < -0.3 is 15.0 Å². The van der Waals surface area contributed by atoms with Crippen molar-refractivity contribution in [3.05, 3.63) is 58.1 Å². The van der Waals surface area contributed by atoms with E-state index >= 15 is 0 Å². The monoisotopic (exact) mass is 528 g/mol. The van der Waals surface area contributed by atoms with E-state index in [1.54, 1.807) is 12.3 Å². The van der Waals surface area contributed by atoms with Crippen LogP contribution in [-0.2, 0) is 24.2 Å². The van der Waals surface area contributed by atoms with Crippen LogP contribution in [0.5, 0.6) is 5.75 Å². The maximum Gasteiger partial charge on any atom is 0.573 e. The Morgan fingerprint density at radius 2 is 1.89 bits per heavy atom. The molecule has 0 bridgehead atoms. The summed E-state index contributed by atoms with van der Waals surface area (Å²) in [5.74, 6) is -0.458. The molecule has 1 amide bonds. The standard InChI is InChI=1S/C22H22ClF3N6O2.H2S/c1-12-20-19(31(3)13(2)21(33)28-20)9-16(27-12)4-5-17-11-32(30-29-17)10-14-6-15(23)8-18(7-14)34-22(24,25)26;/h6-9,11,13H,4-5,10H2,1-3H3,(H,28,33);1H2/t13-;/m0./s1. The molecule has 0 saturated carbocycles. The summed E-state index contributed by atoms with van der Waals surface area (Å²) in [6.45, 7) is 3.87. The van der Waals surface area contributed by atoms with E-state index in [9.17, 15) is 18.0 Å².